The molecule has 5 heteroatoms. The highest BCUT2D eigenvalue weighted by molar-refractivity contribution is 7.98. The van der Waals surface area contributed by atoms with Crippen LogP contribution in [0.4, 0.5) is 0 Å². The Balaban J connectivity index is 1.58. The molecule has 3 aromatic rings. The van der Waals surface area contributed by atoms with E-state index in [9.17, 15) is 0 Å². The fraction of sp³-hybridized carbons (Fsp3) is 0.176. The summed E-state index contributed by atoms with van der Waals surface area (Å²) in [7, 11) is 0. The van der Waals surface area contributed by atoms with Crippen LogP contribution in [0.3, 0.4) is 0 Å². The fourth-order valence-electron chi connectivity index (χ4n) is 2.15. The summed E-state index contributed by atoms with van der Waals surface area (Å²) in [4.78, 5) is 0. The van der Waals surface area contributed by atoms with Gasteiger partial charge in [-0.25, -0.2) is 0 Å². The van der Waals surface area contributed by atoms with Crippen LogP contribution < -0.4 is 5.73 Å². The minimum absolute atomic E-state index is 0.0269. The van der Waals surface area contributed by atoms with Crippen LogP contribution in [0.1, 0.15) is 23.1 Å². The maximum Gasteiger partial charge on any atom is 0.277 e. The van der Waals surface area contributed by atoms with Crippen molar-refractivity contribution in [1.29, 1.82) is 0 Å². The Morgan fingerprint density at radius 2 is 1.55 bits per heavy atom. The minimum Gasteiger partial charge on any atom is -0.410 e. The van der Waals surface area contributed by atoms with E-state index in [1.165, 1.54) is 11.1 Å². The van der Waals surface area contributed by atoms with Gasteiger partial charge in [0.05, 0.1) is 0 Å². The van der Waals surface area contributed by atoms with Gasteiger partial charge in [-0.2, -0.15) is 0 Å². The molecule has 2 aromatic carbocycles. The Hall–Kier alpha value is -2.11. The van der Waals surface area contributed by atoms with Crippen molar-refractivity contribution in [3.63, 3.8) is 0 Å². The van der Waals surface area contributed by atoms with Crippen molar-refractivity contribution < 1.29 is 10.2 Å². The van der Waals surface area contributed by atoms with Gasteiger partial charge in [0.25, 0.3) is 11.1 Å². The molecule has 0 saturated heterocycles. The Bertz CT molecular complexity index is 700. The standard InChI is InChI=1S/C17H17N3OS/c18-15(11-13-7-3-1-4-8-13)16-19-20-17(21-16)22-12-14-9-5-2-6-10-14/h1-10,15H,11-12,18H2/p+1. The van der Waals surface area contributed by atoms with Crippen LogP contribution in [0, 0.1) is 0 Å². The molecule has 0 aliphatic carbocycles. The number of thioether (sulfide) groups is 1. The summed E-state index contributed by atoms with van der Waals surface area (Å²) in [5.74, 6) is 1.42. The Labute approximate surface area is 133 Å². The van der Waals surface area contributed by atoms with Crippen LogP contribution >= 0.6 is 11.8 Å². The van der Waals surface area contributed by atoms with E-state index in [0.717, 1.165) is 12.2 Å². The Morgan fingerprint density at radius 3 is 2.23 bits per heavy atom. The molecular weight excluding hydrogens is 294 g/mol. The molecular formula is C17H18N3OS+. The molecule has 4 nitrogen and oxygen atoms in total. The van der Waals surface area contributed by atoms with Crippen LogP contribution in [-0.2, 0) is 12.2 Å². The molecule has 0 saturated carbocycles. The summed E-state index contributed by atoms with van der Waals surface area (Å²) >= 11 is 1.55. The van der Waals surface area contributed by atoms with Crippen molar-refractivity contribution in [1.82, 2.24) is 10.2 Å². The minimum atomic E-state index is -0.0269. The summed E-state index contributed by atoms with van der Waals surface area (Å²) in [6.07, 6.45) is 0.797. The van der Waals surface area contributed by atoms with Crippen LogP contribution in [-0.4, -0.2) is 10.2 Å². The third-order valence-electron chi connectivity index (χ3n) is 3.30. The van der Waals surface area contributed by atoms with Gasteiger partial charge in [0.2, 0.25) is 0 Å². The molecule has 1 heterocycles. The number of hydrogen-bond donors (Lipinski definition) is 1. The van der Waals surface area contributed by atoms with E-state index in [2.05, 4.69) is 40.2 Å². The topological polar surface area (TPSA) is 66.6 Å². The van der Waals surface area contributed by atoms with Crippen molar-refractivity contribution in [2.24, 2.45) is 0 Å². The quantitative estimate of drug-likeness (QED) is 0.711. The van der Waals surface area contributed by atoms with Gasteiger partial charge in [0.1, 0.15) is 0 Å². The van der Waals surface area contributed by atoms with Crippen LogP contribution in [0.5, 0.6) is 0 Å². The molecule has 0 amide bonds. The number of aromatic nitrogens is 2. The van der Waals surface area contributed by atoms with E-state index >= 15 is 0 Å². The van der Waals surface area contributed by atoms with Gasteiger partial charge in [-0.3, -0.25) is 0 Å². The largest absolute Gasteiger partial charge is 0.410 e. The first-order valence-electron chi connectivity index (χ1n) is 7.18. The molecule has 0 radical (unpaired) electrons. The molecule has 3 rings (SSSR count). The third kappa shape index (κ3) is 3.96. The molecule has 112 valence electrons. The SMILES string of the molecule is [NH3+]C(Cc1ccccc1)c1nnc(SCc2ccccc2)o1. The summed E-state index contributed by atoms with van der Waals surface area (Å²) in [6, 6.07) is 20.4. The number of quaternary nitrogens is 1. The van der Waals surface area contributed by atoms with Crippen LogP contribution in [0.15, 0.2) is 70.3 Å². The molecule has 1 atom stereocenters. The Kier molecular flexibility index (Phi) is 4.88. The van der Waals surface area contributed by atoms with Crippen molar-refractivity contribution in [2.45, 2.75) is 23.4 Å². The van der Waals surface area contributed by atoms with Gasteiger partial charge in [0, 0.05) is 12.2 Å². The van der Waals surface area contributed by atoms with Gasteiger partial charge in [-0.15, -0.1) is 10.2 Å². The predicted octanol–water partition coefficient (Wildman–Crippen LogP) is 2.89. The summed E-state index contributed by atoms with van der Waals surface area (Å²) in [6.45, 7) is 0. The van der Waals surface area contributed by atoms with E-state index in [1.54, 1.807) is 11.8 Å². The first-order valence-corrected chi connectivity index (χ1v) is 8.17. The van der Waals surface area contributed by atoms with E-state index < -0.39 is 0 Å². The Morgan fingerprint density at radius 1 is 0.909 bits per heavy atom. The maximum atomic E-state index is 5.72. The van der Waals surface area contributed by atoms with Gasteiger partial charge in [0.15, 0.2) is 6.04 Å². The second-order valence-corrected chi connectivity index (χ2v) is 5.99. The van der Waals surface area contributed by atoms with Crippen molar-refractivity contribution in [3.05, 3.63) is 77.7 Å². The van der Waals surface area contributed by atoms with E-state index in [1.807, 2.05) is 36.4 Å². The number of hydrogen-bond acceptors (Lipinski definition) is 4. The highest BCUT2D eigenvalue weighted by Gasteiger charge is 2.18. The first-order chi connectivity index (χ1) is 10.8. The number of benzene rings is 2. The third-order valence-corrected chi connectivity index (χ3v) is 4.19. The second-order valence-electron chi connectivity index (χ2n) is 5.07. The molecule has 0 fully saturated rings. The maximum absolute atomic E-state index is 5.72. The average molecular weight is 312 g/mol. The zero-order valence-corrected chi connectivity index (χ0v) is 13.0. The molecule has 0 aliphatic rings. The second kappa shape index (κ2) is 7.24. The van der Waals surface area contributed by atoms with Gasteiger partial charge >= 0.3 is 0 Å². The highest BCUT2D eigenvalue weighted by Crippen LogP contribution is 2.23. The number of nitrogens with zero attached hydrogens (tertiary/aromatic N) is 2. The van der Waals surface area contributed by atoms with Gasteiger partial charge in [-0.1, -0.05) is 72.4 Å². The lowest BCUT2D eigenvalue weighted by Crippen LogP contribution is -2.54. The molecule has 0 spiro atoms. The molecule has 3 N–H and O–H groups in total. The fourth-order valence-corrected chi connectivity index (χ4v) is 2.87. The lowest BCUT2D eigenvalue weighted by molar-refractivity contribution is -0.431. The lowest BCUT2D eigenvalue weighted by Gasteiger charge is -2.03. The highest BCUT2D eigenvalue weighted by atomic mass is 32.2. The lowest BCUT2D eigenvalue weighted by atomic mass is 10.1. The van der Waals surface area contributed by atoms with Crippen LogP contribution in [0.2, 0.25) is 0 Å². The monoisotopic (exact) mass is 312 g/mol. The predicted molar refractivity (Wildman–Crippen MR) is 86.1 cm³/mol. The number of rotatable bonds is 6. The molecule has 0 aliphatic heterocycles. The van der Waals surface area contributed by atoms with Gasteiger partial charge in [-0.05, 0) is 11.1 Å². The average Bonchev–Trinajstić information content (AvgIpc) is 3.04. The molecule has 1 unspecified atom stereocenters. The molecule has 0 bridgehead atoms. The van der Waals surface area contributed by atoms with E-state index in [0.29, 0.717) is 11.1 Å². The normalized spacial score (nSPS) is 12.2. The van der Waals surface area contributed by atoms with Crippen molar-refractivity contribution in [2.75, 3.05) is 0 Å². The van der Waals surface area contributed by atoms with Crippen molar-refractivity contribution in [3.8, 4) is 0 Å². The van der Waals surface area contributed by atoms with E-state index in [4.69, 9.17) is 4.42 Å². The summed E-state index contributed by atoms with van der Waals surface area (Å²) < 4.78 is 5.72. The smallest absolute Gasteiger partial charge is 0.277 e. The zero-order chi connectivity index (χ0) is 15.2. The van der Waals surface area contributed by atoms with Gasteiger partial charge < -0.3 is 10.2 Å². The first kappa shape index (κ1) is 14.8. The van der Waals surface area contributed by atoms with Crippen LogP contribution in [0.25, 0.3) is 0 Å². The van der Waals surface area contributed by atoms with E-state index in [-0.39, 0.29) is 6.04 Å². The summed E-state index contributed by atoms with van der Waals surface area (Å²) in [5.41, 5.74) is 6.59. The van der Waals surface area contributed by atoms with Crippen molar-refractivity contribution >= 4 is 11.8 Å². The molecule has 1 aromatic heterocycles. The molecule has 22 heavy (non-hydrogen) atoms. The summed E-state index contributed by atoms with van der Waals surface area (Å²) in [5, 5.41) is 8.82. The zero-order valence-electron chi connectivity index (χ0n) is 12.2.